The molecule has 1 aromatic heterocycles. The molecule has 122 valence electrons. The smallest absolute Gasteiger partial charge is 0.337 e. The number of rotatable bonds is 4. The maximum absolute atomic E-state index is 11.8. The normalized spacial score (nSPS) is 10.6. The first-order valence-corrected chi connectivity index (χ1v) is 7.87. The summed E-state index contributed by atoms with van der Waals surface area (Å²) in [7, 11) is 1.37. The highest BCUT2D eigenvalue weighted by Gasteiger charge is 2.11. The lowest BCUT2D eigenvalue weighted by atomic mass is 10.1. The van der Waals surface area contributed by atoms with Gasteiger partial charge in [-0.25, -0.2) is 4.79 Å². The largest absolute Gasteiger partial charge is 0.465 e. The predicted molar refractivity (Wildman–Crippen MR) is 93.7 cm³/mol. The molecule has 4 heteroatoms. The molecule has 0 fully saturated rings. The molecule has 3 rings (SSSR count). The quantitative estimate of drug-likeness (QED) is 0.654. The number of pyridine rings is 1. The summed E-state index contributed by atoms with van der Waals surface area (Å²) >= 11 is 0. The summed E-state index contributed by atoms with van der Waals surface area (Å²) in [5.41, 5.74) is 3.37. The summed E-state index contributed by atoms with van der Waals surface area (Å²) in [5.74, 6) is 1.05. The number of aromatic nitrogens is 1. The zero-order valence-electron chi connectivity index (χ0n) is 14.0. The monoisotopic (exact) mass is 321 g/mol. The minimum absolute atomic E-state index is 0.379. The van der Waals surface area contributed by atoms with E-state index in [9.17, 15) is 4.79 Å². The van der Waals surface area contributed by atoms with Crippen molar-refractivity contribution in [1.82, 2.24) is 4.98 Å². The van der Waals surface area contributed by atoms with Crippen molar-refractivity contribution in [3.05, 3.63) is 65.4 Å². The number of methoxy groups -OCH3 is 1. The molecular weight excluding hydrogens is 302 g/mol. The summed E-state index contributed by atoms with van der Waals surface area (Å²) in [6, 6.07) is 15.1. The average Bonchev–Trinajstić information content (AvgIpc) is 2.61. The van der Waals surface area contributed by atoms with Gasteiger partial charge in [-0.05, 0) is 49.2 Å². The van der Waals surface area contributed by atoms with E-state index in [2.05, 4.69) is 11.9 Å². The van der Waals surface area contributed by atoms with Crippen molar-refractivity contribution in [2.45, 2.75) is 20.3 Å². The van der Waals surface area contributed by atoms with E-state index < -0.39 is 0 Å². The van der Waals surface area contributed by atoms with Crippen LogP contribution in [0.3, 0.4) is 0 Å². The first-order chi connectivity index (χ1) is 11.6. The number of benzene rings is 2. The zero-order valence-corrected chi connectivity index (χ0v) is 14.0. The fraction of sp³-hybridized carbons (Fsp3) is 0.200. The zero-order chi connectivity index (χ0) is 17.1. The van der Waals surface area contributed by atoms with Crippen LogP contribution in [0.25, 0.3) is 10.9 Å². The molecule has 0 bridgehead atoms. The van der Waals surface area contributed by atoms with Crippen molar-refractivity contribution < 1.29 is 14.3 Å². The van der Waals surface area contributed by atoms with Crippen LogP contribution in [-0.4, -0.2) is 18.1 Å². The molecule has 0 unspecified atom stereocenters. The van der Waals surface area contributed by atoms with Crippen molar-refractivity contribution in [1.29, 1.82) is 0 Å². The molecule has 24 heavy (non-hydrogen) atoms. The molecule has 0 N–H and O–H groups in total. The summed E-state index contributed by atoms with van der Waals surface area (Å²) in [6.45, 7) is 4.03. The number of fused-ring (bicyclic) bond motifs is 1. The van der Waals surface area contributed by atoms with Gasteiger partial charge in [0, 0.05) is 17.1 Å². The summed E-state index contributed by atoms with van der Waals surface area (Å²) in [6.07, 6.45) is 0.986. The van der Waals surface area contributed by atoms with E-state index in [1.807, 2.05) is 43.3 Å². The van der Waals surface area contributed by atoms with Crippen LogP contribution >= 0.6 is 0 Å². The third-order valence-electron chi connectivity index (χ3n) is 3.88. The Morgan fingerprint density at radius 3 is 2.50 bits per heavy atom. The van der Waals surface area contributed by atoms with Crippen molar-refractivity contribution in [2.24, 2.45) is 0 Å². The number of hydrogen-bond acceptors (Lipinski definition) is 4. The summed E-state index contributed by atoms with van der Waals surface area (Å²) in [4.78, 5) is 16.3. The maximum Gasteiger partial charge on any atom is 0.337 e. The molecule has 0 atom stereocenters. The Morgan fingerprint density at radius 2 is 1.83 bits per heavy atom. The summed E-state index contributed by atoms with van der Waals surface area (Å²) < 4.78 is 10.8. The van der Waals surface area contributed by atoms with Crippen LogP contribution in [0.15, 0.2) is 48.5 Å². The molecule has 0 aliphatic carbocycles. The second-order valence-electron chi connectivity index (χ2n) is 5.58. The number of esters is 1. The Bertz CT molecular complexity index is 885. The van der Waals surface area contributed by atoms with Crippen molar-refractivity contribution in [3.8, 4) is 11.5 Å². The van der Waals surface area contributed by atoms with Crippen molar-refractivity contribution in [2.75, 3.05) is 7.11 Å². The van der Waals surface area contributed by atoms with E-state index in [1.165, 1.54) is 12.7 Å². The van der Waals surface area contributed by atoms with Gasteiger partial charge in [-0.3, -0.25) is 4.98 Å². The highest BCUT2D eigenvalue weighted by molar-refractivity contribution is 5.96. The first-order valence-electron chi connectivity index (χ1n) is 7.87. The van der Waals surface area contributed by atoms with Crippen LogP contribution in [0, 0.1) is 6.92 Å². The van der Waals surface area contributed by atoms with E-state index in [4.69, 9.17) is 9.47 Å². The maximum atomic E-state index is 11.8. The van der Waals surface area contributed by atoms with Gasteiger partial charge >= 0.3 is 5.97 Å². The lowest BCUT2D eigenvalue weighted by molar-refractivity contribution is 0.0601. The summed E-state index contributed by atoms with van der Waals surface area (Å²) in [5, 5.41) is 0.781. The topological polar surface area (TPSA) is 48.4 Å². The minimum atomic E-state index is -0.379. The molecule has 0 radical (unpaired) electrons. The molecule has 0 saturated heterocycles. The van der Waals surface area contributed by atoms with Crippen LogP contribution in [0.1, 0.15) is 28.5 Å². The van der Waals surface area contributed by atoms with Crippen molar-refractivity contribution in [3.63, 3.8) is 0 Å². The number of hydrogen-bond donors (Lipinski definition) is 0. The Morgan fingerprint density at radius 1 is 1.08 bits per heavy atom. The Balaban J connectivity index is 2.05. The van der Waals surface area contributed by atoms with Crippen LogP contribution in [0.4, 0.5) is 0 Å². The van der Waals surface area contributed by atoms with Crippen LogP contribution in [0.5, 0.6) is 11.5 Å². The van der Waals surface area contributed by atoms with E-state index in [0.29, 0.717) is 11.3 Å². The number of aryl methyl sites for hydroxylation is 2. The number of carbonyl (C=O) groups is 1. The molecule has 0 saturated carbocycles. The lowest BCUT2D eigenvalue weighted by Gasteiger charge is -2.11. The Kier molecular flexibility index (Phi) is 4.47. The molecule has 3 aromatic rings. The van der Waals surface area contributed by atoms with Gasteiger partial charge in [0.1, 0.15) is 11.5 Å². The van der Waals surface area contributed by atoms with E-state index in [-0.39, 0.29) is 5.97 Å². The minimum Gasteiger partial charge on any atom is -0.465 e. The van der Waals surface area contributed by atoms with Crippen LogP contribution in [0.2, 0.25) is 0 Å². The van der Waals surface area contributed by atoms with E-state index in [0.717, 1.165) is 28.8 Å². The van der Waals surface area contributed by atoms with E-state index >= 15 is 0 Å². The van der Waals surface area contributed by atoms with Gasteiger partial charge in [-0.1, -0.05) is 19.1 Å². The van der Waals surface area contributed by atoms with Gasteiger partial charge in [0.2, 0.25) is 0 Å². The fourth-order valence-electron chi connectivity index (χ4n) is 2.57. The molecule has 4 nitrogen and oxygen atoms in total. The van der Waals surface area contributed by atoms with Gasteiger partial charge in [-0.15, -0.1) is 0 Å². The molecule has 0 aliphatic rings. The number of carbonyl (C=O) groups excluding carboxylic acids is 1. The molecule has 1 heterocycles. The third-order valence-corrected chi connectivity index (χ3v) is 3.88. The van der Waals surface area contributed by atoms with E-state index in [1.54, 1.807) is 12.1 Å². The Hall–Kier alpha value is -2.88. The van der Waals surface area contributed by atoms with Gasteiger partial charge < -0.3 is 9.47 Å². The van der Waals surface area contributed by atoms with Gasteiger partial charge in [0.05, 0.1) is 18.2 Å². The highest BCUT2D eigenvalue weighted by Crippen LogP contribution is 2.31. The molecule has 2 aromatic carbocycles. The molecular formula is C20H19NO3. The van der Waals surface area contributed by atoms with Crippen LogP contribution < -0.4 is 4.74 Å². The molecule has 0 amide bonds. The van der Waals surface area contributed by atoms with Crippen LogP contribution in [-0.2, 0) is 11.2 Å². The average molecular weight is 321 g/mol. The number of nitrogens with zero attached hydrogens (tertiary/aromatic N) is 1. The SMILES string of the molecule is CCc1ccc(Oc2cc(C)nc3ccc(C(=O)OC)cc23)cc1. The first kappa shape index (κ1) is 16.0. The lowest BCUT2D eigenvalue weighted by Crippen LogP contribution is -2.01. The number of ether oxygens (including phenoxy) is 2. The predicted octanol–water partition coefficient (Wildman–Crippen LogP) is 4.68. The van der Waals surface area contributed by atoms with Gasteiger partial charge in [0.25, 0.3) is 0 Å². The van der Waals surface area contributed by atoms with Gasteiger partial charge in [-0.2, -0.15) is 0 Å². The molecule has 0 spiro atoms. The second kappa shape index (κ2) is 6.71. The van der Waals surface area contributed by atoms with Gasteiger partial charge in [0.15, 0.2) is 0 Å². The van der Waals surface area contributed by atoms with Crippen molar-refractivity contribution >= 4 is 16.9 Å². The fourth-order valence-corrected chi connectivity index (χ4v) is 2.57. The Labute approximate surface area is 141 Å². The molecule has 0 aliphatic heterocycles. The second-order valence-corrected chi connectivity index (χ2v) is 5.58. The third kappa shape index (κ3) is 3.23. The highest BCUT2D eigenvalue weighted by atomic mass is 16.5. The standard InChI is InChI=1S/C20H19NO3/c1-4-14-5-8-16(9-6-14)24-19-11-13(2)21-18-10-7-15(12-17(18)19)20(22)23-3/h5-12H,4H2,1-3H3.